The lowest BCUT2D eigenvalue weighted by Gasteiger charge is -2.16. The molecule has 0 radical (unpaired) electrons. The van der Waals surface area contributed by atoms with Crippen LogP contribution in [0.25, 0.3) is 0 Å². The summed E-state index contributed by atoms with van der Waals surface area (Å²) < 4.78 is 0. The molecule has 2 N–H and O–H groups in total. The molecule has 2 rings (SSSR count). The van der Waals surface area contributed by atoms with Gasteiger partial charge in [-0.2, -0.15) is 0 Å². The molecule has 0 saturated carbocycles. The zero-order chi connectivity index (χ0) is 12.7. The number of amides is 2. The third kappa shape index (κ3) is 1.60. The van der Waals surface area contributed by atoms with Gasteiger partial charge in [0.1, 0.15) is 6.54 Å². The Hall–Kier alpha value is -2.17. The number of hydrogen-bond acceptors (Lipinski definition) is 3. The predicted molar refractivity (Wildman–Crippen MR) is 61.8 cm³/mol. The lowest BCUT2D eigenvalue weighted by molar-refractivity contribution is -0.120. The first-order chi connectivity index (χ1) is 7.93. The second-order valence-electron chi connectivity index (χ2n) is 4.11. The van der Waals surface area contributed by atoms with E-state index in [2.05, 4.69) is 0 Å². The Morgan fingerprint density at radius 1 is 1.24 bits per heavy atom. The Balaban J connectivity index is 2.63. The van der Waals surface area contributed by atoms with Gasteiger partial charge in [0.15, 0.2) is 0 Å². The van der Waals surface area contributed by atoms with Gasteiger partial charge in [0.05, 0.1) is 11.3 Å². The van der Waals surface area contributed by atoms with Gasteiger partial charge in [0.2, 0.25) is 5.91 Å². The SMILES string of the molecule is Cc1ccc(C)c2c1C(=O)C(=O)N2CC(N)=O. The van der Waals surface area contributed by atoms with Crippen molar-refractivity contribution in [2.24, 2.45) is 5.73 Å². The highest BCUT2D eigenvalue weighted by molar-refractivity contribution is 6.53. The number of nitrogens with zero attached hydrogens (tertiary/aromatic N) is 1. The van der Waals surface area contributed by atoms with E-state index in [1.54, 1.807) is 19.9 Å². The second-order valence-corrected chi connectivity index (χ2v) is 4.11. The minimum absolute atomic E-state index is 0.262. The van der Waals surface area contributed by atoms with Gasteiger partial charge in [-0.1, -0.05) is 12.1 Å². The summed E-state index contributed by atoms with van der Waals surface area (Å²) in [5, 5.41) is 0. The van der Waals surface area contributed by atoms with E-state index in [-0.39, 0.29) is 6.54 Å². The van der Waals surface area contributed by atoms with Crippen molar-refractivity contribution in [3.63, 3.8) is 0 Å². The van der Waals surface area contributed by atoms with E-state index in [0.29, 0.717) is 11.3 Å². The number of benzene rings is 1. The maximum atomic E-state index is 11.8. The highest BCUT2D eigenvalue weighted by Crippen LogP contribution is 2.34. The van der Waals surface area contributed by atoms with E-state index in [1.807, 2.05) is 6.07 Å². The van der Waals surface area contributed by atoms with Crippen molar-refractivity contribution >= 4 is 23.3 Å². The standard InChI is InChI=1S/C12H12N2O3/c1-6-3-4-7(2)10-9(6)11(16)12(17)14(10)5-8(13)15/h3-4H,5H2,1-2H3,(H2,13,15). The van der Waals surface area contributed by atoms with Gasteiger partial charge in [0.25, 0.3) is 11.7 Å². The van der Waals surface area contributed by atoms with Crippen LogP contribution in [0.4, 0.5) is 5.69 Å². The number of carbonyl (C=O) groups is 3. The topological polar surface area (TPSA) is 80.5 Å². The zero-order valence-corrected chi connectivity index (χ0v) is 9.61. The molecule has 0 aliphatic carbocycles. The van der Waals surface area contributed by atoms with E-state index in [1.165, 1.54) is 0 Å². The maximum absolute atomic E-state index is 11.8. The summed E-state index contributed by atoms with van der Waals surface area (Å²) in [5.74, 6) is -1.89. The van der Waals surface area contributed by atoms with E-state index in [4.69, 9.17) is 5.73 Å². The van der Waals surface area contributed by atoms with Crippen molar-refractivity contribution in [2.45, 2.75) is 13.8 Å². The number of nitrogens with two attached hydrogens (primary N) is 1. The molecule has 1 aromatic carbocycles. The molecule has 5 heteroatoms. The van der Waals surface area contributed by atoms with E-state index < -0.39 is 17.6 Å². The fraction of sp³-hybridized carbons (Fsp3) is 0.250. The molecule has 1 heterocycles. The molecule has 0 spiro atoms. The molecule has 1 aliphatic rings. The summed E-state index contributed by atoms with van der Waals surface area (Å²) in [6, 6.07) is 3.60. The highest BCUT2D eigenvalue weighted by atomic mass is 16.2. The number of fused-ring (bicyclic) bond motifs is 1. The number of aryl methyl sites for hydroxylation is 2. The van der Waals surface area contributed by atoms with Gasteiger partial charge < -0.3 is 5.73 Å². The van der Waals surface area contributed by atoms with Crippen molar-refractivity contribution < 1.29 is 14.4 Å². The van der Waals surface area contributed by atoms with Crippen LogP contribution in [0.15, 0.2) is 12.1 Å². The molecular formula is C12H12N2O3. The molecule has 0 atom stereocenters. The maximum Gasteiger partial charge on any atom is 0.299 e. The fourth-order valence-corrected chi connectivity index (χ4v) is 2.07. The normalized spacial score (nSPS) is 14.1. The van der Waals surface area contributed by atoms with Crippen LogP contribution in [0.5, 0.6) is 0 Å². The van der Waals surface area contributed by atoms with Gasteiger partial charge in [-0.25, -0.2) is 0 Å². The van der Waals surface area contributed by atoms with Crippen LogP contribution in [-0.2, 0) is 9.59 Å². The number of anilines is 1. The summed E-state index contributed by atoms with van der Waals surface area (Å²) in [7, 11) is 0. The first-order valence-electron chi connectivity index (χ1n) is 5.18. The number of primary amides is 1. The molecule has 2 amide bonds. The predicted octanol–water partition coefficient (Wildman–Crippen LogP) is 0.318. The van der Waals surface area contributed by atoms with E-state index in [0.717, 1.165) is 16.0 Å². The second kappa shape index (κ2) is 3.69. The van der Waals surface area contributed by atoms with Crippen LogP contribution in [0, 0.1) is 13.8 Å². The first-order valence-corrected chi connectivity index (χ1v) is 5.18. The van der Waals surface area contributed by atoms with Crippen LogP contribution < -0.4 is 10.6 Å². The molecule has 1 aliphatic heterocycles. The molecular weight excluding hydrogens is 220 g/mol. The van der Waals surface area contributed by atoms with Crippen LogP contribution in [0.2, 0.25) is 0 Å². The van der Waals surface area contributed by atoms with E-state index >= 15 is 0 Å². The Kier molecular flexibility index (Phi) is 2.46. The Bertz CT molecular complexity index is 549. The molecule has 0 fully saturated rings. The molecule has 17 heavy (non-hydrogen) atoms. The lowest BCUT2D eigenvalue weighted by Crippen LogP contribution is -2.37. The molecule has 0 bridgehead atoms. The first kappa shape index (κ1) is 11.3. The van der Waals surface area contributed by atoms with Gasteiger partial charge in [-0.15, -0.1) is 0 Å². The van der Waals surface area contributed by atoms with Crippen LogP contribution in [0.1, 0.15) is 21.5 Å². The monoisotopic (exact) mass is 232 g/mol. The van der Waals surface area contributed by atoms with Crippen LogP contribution >= 0.6 is 0 Å². The number of Topliss-reactive ketones (excluding diaryl/α,β-unsaturated/α-hetero) is 1. The largest absolute Gasteiger partial charge is 0.368 e. The van der Waals surface area contributed by atoms with Crippen molar-refractivity contribution in [1.29, 1.82) is 0 Å². The van der Waals surface area contributed by atoms with Gasteiger partial charge in [0, 0.05) is 0 Å². The number of rotatable bonds is 2. The molecule has 88 valence electrons. The summed E-state index contributed by atoms with van der Waals surface area (Å²) in [6.07, 6.45) is 0. The molecule has 1 aromatic rings. The Labute approximate surface area is 98.2 Å². The molecule has 0 unspecified atom stereocenters. The van der Waals surface area contributed by atoms with Crippen LogP contribution in [-0.4, -0.2) is 24.1 Å². The summed E-state index contributed by atoms with van der Waals surface area (Å²) in [6.45, 7) is 3.29. The average molecular weight is 232 g/mol. The summed E-state index contributed by atoms with van der Waals surface area (Å²) >= 11 is 0. The quantitative estimate of drug-likeness (QED) is 0.745. The average Bonchev–Trinajstić information content (AvgIpc) is 2.49. The summed E-state index contributed by atoms with van der Waals surface area (Å²) in [4.78, 5) is 35.7. The summed E-state index contributed by atoms with van der Waals surface area (Å²) in [5.41, 5.74) is 7.49. The lowest BCUT2D eigenvalue weighted by atomic mass is 10.0. The Morgan fingerprint density at radius 2 is 1.82 bits per heavy atom. The van der Waals surface area contributed by atoms with Crippen molar-refractivity contribution in [3.05, 3.63) is 28.8 Å². The van der Waals surface area contributed by atoms with Crippen molar-refractivity contribution in [3.8, 4) is 0 Å². The number of carbonyl (C=O) groups excluding carboxylic acids is 3. The fourth-order valence-electron chi connectivity index (χ4n) is 2.07. The van der Waals surface area contributed by atoms with Gasteiger partial charge >= 0.3 is 0 Å². The highest BCUT2D eigenvalue weighted by Gasteiger charge is 2.38. The van der Waals surface area contributed by atoms with Gasteiger partial charge in [-0.05, 0) is 25.0 Å². The molecule has 5 nitrogen and oxygen atoms in total. The third-order valence-corrected chi connectivity index (χ3v) is 2.84. The minimum Gasteiger partial charge on any atom is -0.368 e. The Morgan fingerprint density at radius 3 is 2.41 bits per heavy atom. The third-order valence-electron chi connectivity index (χ3n) is 2.84. The number of hydrogen-bond donors (Lipinski definition) is 1. The smallest absolute Gasteiger partial charge is 0.299 e. The van der Waals surface area contributed by atoms with E-state index in [9.17, 15) is 14.4 Å². The van der Waals surface area contributed by atoms with Crippen molar-refractivity contribution in [1.82, 2.24) is 0 Å². The zero-order valence-electron chi connectivity index (χ0n) is 9.61. The number of ketones is 1. The molecule has 0 aromatic heterocycles. The minimum atomic E-state index is -0.684. The molecule has 0 saturated heterocycles. The van der Waals surface area contributed by atoms with Crippen molar-refractivity contribution in [2.75, 3.05) is 11.4 Å². The van der Waals surface area contributed by atoms with Gasteiger partial charge in [-0.3, -0.25) is 19.3 Å². The van der Waals surface area contributed by atoms with Crippen LogP contribution in [0.3, 0.4) is 0 Å².